The minimum atomic E-state index is -0.461. The lowest BCUT2D eigenvalue weighted by molar-refractivity contribution is -0.119. The molecular weight excluding hydrogens is 188 g/mol. The van der Waals surface area contributed by atoms with Gasteiger partial charge < -0.3 is 10.6 Å². The zero-order valence-electron chi connectivity index (χ0n) is 9.74. The van der Waals surface area contributed by atoms with E-state index in [-0.39, 0.29) is 5.91 Å². The van der Waals surface area contributed by atoms with Gasteiger partial charge in [-0.05, 0) is 44.0 Å². The molecule has 0 unspecified atom stereocenters. The largest absolute Gasteiger partial charge is 0.320 e. The van der Waals surface area contributed by atoms with Crippen LogP contribution in [-0.4, -0.2) is 19.0 Å². The van der Waals surface area contributed by atoms with E-state index in [0.717, 1.165) is 5.69 Å². The smallest absolute Gasteiger partial charge is 0.243 e. The number of carbonyl (C=O) groups is 1. The fourth-order valence-corrected chi connectivity index (χ4v) is 1.37. The molecule has 0 bridgehead atoms. The number of likely N-dealkylation sites (N-methyl/N-ethyl adjacent to an activating group) is 1. The Hall–Kier alpha value is -1.35. The van der Waals surface area contributed by atoms with Crippen molar-refractivity contribution in [2.24, 2.45) is 5.73 Å². The predicted molar refractivity (Wildman–Crippen MR) is 63.0 cm³/mol. The van der Waals surface area contributed by atoms with E-state index >= 15 is 0 Å². The number of nitrogens with two attached hydrogens (primary N) is 1. The number of rotatable bonds is 2. The molecule has 1 atom stereocenters. The van der Waals surface area contributed by atoms with Crippen LogP contribution in [0.1, 0.15) is 18.1 Å². The molecule has 1 amide bonds. The molecule has 2 N–H and O–H groups in total. The van der Waals surface area contributed by atoms with Crippen molar-refractivity contribution in [1.82, 2.24) is 0 Å². The summed E-state index contributed by atoms with van der Waals surface area (Å²) in [6, 6.07) is 5.48. The second-order valence-corrected chi connectivity index (χ2v) is 3.95. The summed E-state index contributed by atoms with van der Waals surface area (Å²) in [5.74, 6) is -0.0711. The Labute approximate surface area is 90.9 Å². The van der Waals surface area contributed by atoms with Crippen molar-refractivity contribution in [2.45, 2.75) is 26.8 Å². The molecule has 0 fully saturated rings. The Morgan fingerprint density at radius 3 is 2.40 bits per heavy atom. The number of aryl methyl sites for hydroxylation is 2. The molecule has 1 aromatic carbocycles. The topological polar surface area (TPSA) is 46.3 Å². The molecule has 82 valence electrons. The molecule has 0 aliphatic carbocycles. The summed E-state index contributed by atoms with van der Waals surface area (Å²) in [4.78, 5) is 13.2. The van der Waals surface area contributed by atoms with Crippen LogP contribution in [0.3, 0.4) is 0 Å². The van der Waals surface area contributed by atoms with Gasteiger partial charge in [0, 0.05) is 12.7 Å². The second kappa shape index (κ2) is 4.45. The maximum absolute atomic E-state index is 11.6. The third-order valence-electron chi connectivity index (χ3n) is 2.60. The van der Waals surface area contributed by atoms with Gasteiger partial charge in [0.1, 0.15) is 0 Å². The molecule has 0 saturated heterocycles. The standard InChI is InChI=1S/C12H18N2O/c1-8-5-6-11(7-9(8)2)14(4)12(15)10(3)13/h5-7,10H,13H2,1-4H3/t10-/m1/s1. The Balaban J connectivity index is 2.97. The van der Waals surface area contributed by atoms with E-state index in [2.05, 4.69) is 0 Å². The van der Waals surface area contributed by atoms with Crippen molar-refractivity contribution in [3.63, 3.8) is 0 Å². The molecule has 1 rings (SSSR count). The van der Waals surface area contributed by atoms with Gasteiger partial charge in [-0.2, -0.15) is 0 Å². The average molecular weight is 206 g/mol. The summed E-state index contributed by atoms with van der Waals surface area (Å²) >= 11 is 0. The number of nitrogens with zero attached hydrogens (tertiary/aromatic N) is 1. The van der Waals surface area contributed by atoms with Crippen LogP contribution in [0.5, 0.6) is 0 Å². The number of amides is 1. The average Bonchev–Trinajstić information content (AvgIpc) is 2.19. The number of hydrogen-bond acceptors (Lipinski definition) is 2. The molecule has 3 nitrogen and oxygen atoms in total. The lowest BCUT2D eigenvalue weighted by atomic mass is 10.1. The fourth-order valence-electron chi connectivity index (χ4n) is 1.37. The SMILES string of the molecule is Cc1ccc(N(C)C(=O)[C@@H](C)N)cc1C. The van der Waals surface area contributed by atoms with Crippen molar-refractivity contribution in [2.75, 3.05) is 11.9 Å². The highest BCUT2D eigenvalue weighted by Gasteiger charge is 2.14. The summed E-state index contributed by atoms with van der Waals surface area (Å²) in [6.07, 6.45) is 0. The maximum Gasteiger partial charge on any atom is 0.243 e. The van der Waals surface area contributed by atoms with Gasteiger partial charge in [-0.15, -0.1) is 0 Å². The Morgan fingerprint density at radius 1 is 1.33 bits per heavy atom. The molecule has 15 heavy (non-hydrogen) atoms. The highest BCUT2D eigenvalue weighted by atomic mass is 16.2. The summed E-state index contributed by atoms with van der Waals surface area (Å²) in [7, 11) is 1.75. The maximum atomic E-state index is 11.6. The quantitative estimate of drug-likeness (QED) is 0.799. The van der Waals surface area contributed by atoms with Crippen LogP contribution in [0.25, 0.3) is 0 Å². The fraction of sp³-hybridized carbons (Fsp3) is 0.417. The second-order valence-electron chi connectivity index (χ2n) is 3.95. The van der Waals surface area contributed by atoms with Crippen LogP contribution in [-0.2, 0) is 4.79 Å². The molecule has 0 radical (unpaired) electrons. The van der Waals surface area contributed by atoms with Gasteiger partial charge in [0.2, 0.25) is 5.91 Å². The predicted octanol–water partition coefficient (Wildman–Crippen LogP) is 1.61. The minimum Gasteiger partial charge on any atom is -0.320 e. The normalized spacial score (nSPS) is 12.3. The van der Waals surface area contributed by atoms with Gasteiger partial charge >= 0.3 is 0 Å². The van der Waals surface area contributed by atoms with Gasteiger partial charge in [0.25, 0.3) is 0 Å². The van der Waals surface area contributed by atoms with E-state index in [4.69, 9.17) is 5.73 Å². The molecule has 0 aliphatic rings. The van der Waals surface area contributed by atoms with E-state index in [1.54, 1.807) is 18.9 Å². The monoisotopic (exact) mass is 206 g/mol. The Bertz CT molecular complexity index is 372. The van der Waals surface area contributed by atoms with Crippen LogP contribution in [0.15, 0.2) is 18.2 Å². The summed E-state index contributed by atoms with van der Waals surface area (Å²) in [5.41, 5.74) is 8.84. The van der Waals surface area contributed by atoms with Crippen molar-refractivity contribution >= 4 is 11.6 Å². The third-order valence-corrected chi connectivity index (χ3v) is 2.60. The van der Waals surface area contributed by atoms with Crippen molar-refractivity contribution < 1.29 is 4.79 Å². The molecule has 0 saturated carbocycles. The third kappa shape index (κ3) is 2.57. The first-order chi connectivity index (χ1) is 6.93. The molecule has 3 heteroatoms. The number of anilines is 1. The summed E-state index contributed by atoms with van der Waals surface area (Å²) < 4.78 is 0. The van der Waals surface area contributed by atoms with E-state index in [1.807, 2.05) is 32.0 Å². The Kier molecular flexibility index (Phi) is 3.48. The number of carbonyl (C=O) groups excluding carboxylic acids is 1. The van der Waals surface area contributed by atoms with Crippen LogP contribution in [0, 0.1) is 13.8 Å². The van der Waals surface area contributed by atoms with E-state index in [0.29, 0.717) is 0 Å². The minimum absolute atomic E-state index is 0.0711. The van der Waals surface area contributed by atoms with Crippen molar-refractivity contribution in [3.8, 4) is 0 Å². The van der Waals surface area contributed by atoms with E-state index in [1.165, 1.54) is 11.1 Å². The van der Waals surface area contributed by atoms with Gasteiger partial charge in [-0.3, -0.25) is 4.79 Å². The first-order valence-corrected chi connectivity index (χ1v) is 5.04. The molecule has 0 aliphatic heterocycles. The molecule has 0 spiro atoms. The first-order valence-electron chi connectivity index (χ1n) is 5.04. The van der Waals surface area contributed by atoms with Crippen LogP contribution >= 0.6 is 0 Å². The summed E-state index contributed by atoms with van der Waals surface area (Å²) in [6.45, 7) is 5.77. The zero-order valence-corrected chi connectivity index (χ0v) is 9.74. The van der Waals surface area contributed by atoms with Gasteiger partial charge in [0.05, 0.1) is 6.04 Å². The number of benzene rings is 1. The lowest BCUT2D eigenvalue weighted by Crippen LogP contribution is -2.39. The van der Waals surface area contributed by atoms with Gasteiger partial charge in [0.15, 0.2) is 0 Å². The Morgan fingerprint density at radius 2 is 1.93 bits per heavy atom. The molecular formula is C12H18N2O. The highest BCUT2D eigenvalue weighted by molar-refractivity contribution is 5.96. The first kappa shape index (κ1) is 11.7. The molecule has 0 heterocycles. The van der Waals surface area contributed by atoms with E-state index in [9.17, 15) is 4.79 Å². The zero-order chi connectivity index (χ0) is 11.6. The van der Waals surface area contributed by atoms with E-state index < -0.39 is 6.04 Å². The van der Waals surface area contributed by atoms with Gasteiger partial charge in [-0.25, -0.2) is 0 Å². The van der Waals surface area contributed by atoms with Crippen molar-refractivity contribution in [1.29, 1.82) is 0 Å². The van der Waals surface area contributed by atoms with Crippen LogP contribution in [0.2, 0.25) is 0 Å². The lowest BCUT2D eigenvalue weighted by Gasteiger charge is -2.20. The highest BCUT2D eigenvalue weighted by Crippen LogP contribution is 2.17. The summed E-state index contributed by atoms with van der Waals surface area (Å²) in [5, 5.41) is 0. The van der Waals surface area contributed by atoms with Crippen LogP contribution in [0.4, 0.5) is 5.69 Å². The van der Waals surface area contributed by atoms with Crippen molar-refractivity contribution in [3.05, 3.63) is 29.3 Å². The van der Waals surface area contributed by atoms with Gasteiger partial charge in [-0.1, -0.05) is 6.07 Å². The molecule has 0 aromatic heterocycles. The number of hydrogen-bond donors (Lipinski definition) is 1. The molecule has 1 aromatic rings. The van der Waals surface area contributed by atoms with Crippen LogP contribution < -0.4 is 10.6 Å².